The Morgan fingerprint density at radius 1 is 1.44 bits per heavy atom. The van der Waals surface area contributed by atoms with Crippen molar-refractivity contribution in [2.24, 2.45) is 0 Å². The van der Waals surface area contributed by atoms with E-state index in [2.05, 4.69) is 6.92 Å². The SMILES string of the molecule is CCC1SCCSC1C(O)c1ccc(Cl)s1. The van der Waals surface area contributed by atoms with Gasteiger partial charge in [-0.25, -0.2) is 0 Å². The lowest BCUT2D eigenvalue weighted by atomic mass is 10.1. The van der Waals surface area contributed by atoms with Gasteiger partial charge in [0, 0.05) is 26.9 Å². The van der Waals surface area contributed by atoms with Gasteiger partial charge in [-0.3, -0.25) is 0 Å². The van der Waals surface area contributed by atoms with E-state index >= 15 is 0 Å². The second-order valence-corrected chi connectivity index (χ2v) is 8.12. The number of hydrogen-bond acceptors (Lipinski definition) is 4. The quantitative estimate of drug-likeness (QED) is 0.908. The molecular weight excluding hydrogens is 280 g/mol. The van der Waals surface area contributed by atoms with Crippen LogP contribution in [0.15, 0.2) is 12.1 Å². The van der Waals surface area contributed by atoms with E-state index in [1.165, 1.54) is 17.1 Å². The van der Waals surface area contributed by atoms with Gasteiger partial charge >= 0.3 is 0 Å². The van der Waals surface area contributed by atoms with Crippen molar-refractivity contribution >= 4 is 46.5 Å². The van der Waals surface area contributed by atoms with Gasteiger partial charge in [0.2, 0.25) is 0 Å². The van der Waals surface area contributed by atoms with Crippen molar-refractivity contribution in [3.63, 3.8) is 0 Å². The van der Waals surface area contributed by atoms with Crippen LogP contribution in [0, 0.1) is 0 Å². The molecule has 1 aromatic heterocycles. The van der Waals surface area contributed by atoms with Crippen LogP contribution in [0.3, 0.4) is 0 Å². The highest BCUT2D eigenvalue weighted by atomic mass is 35.5. The zero-order valence-corrected chi connectivity index (χ0v) is 12.3. The molecule has 1 aliphatic heterocycles. The third kappa shape index (κ3) is 2.91. The number of rotatable bonds is 3. The molecule has 1 saturated heterocycles. The minimum Gasteiger partial charge on any atom is -0.386 e. The summed E-state index contributed by atoms with van der Waals surface area (Å²) in [6.07, 6.45) is 0.763. The van der Waals surface area contributed by atoms with Crippen LogP contribution in [-0.2, 0) is 0 Å². The van der Waals surface area contributed by atoms with E-state index in [1.807, 2.05) is 35.7 Å². The topological polar surface area (TPSA) is 20.2 Å². The van der Waals surface area contributed by atoms with Gasteiger partial charge in [0.05, 0.1) is 4.34 Å². The summed E-state index contributed by atoms with van der Waals surface area (Å²) in [5.74, 6) is 2.35. The smallest absolute Gasteiger partial charge is 0.101 e. The molecule has 3 atom stereocenters. The molecule has 1 N–H and O–H groups in total. The predicted octanol–water partition coefficient (Wildman–Crippen LogP) is 4.06. The first-order valence-electron chi connectivity index (χ1n) is 5.39. The van der Waals surface area contributed by atoms with Gasteiger partial charge in [0.25, 0.3) is 0 Å². The molecule has 0 aromatic carbocycles. The maximum absolute atomic E-state index is 10.4. The van der Waals surface area contributed by atoms with Crippen LogP contribution >= 0.6 is 46.5 Å². The Hall–Kier alpha value is 0.650. The maximum atomic E-state index is 10.4. The molecule has 1 nitrogen and oxygen atoms in total. The zero-order chi connectivity index (χ0) is 11.5. The molecule has 0 saturated carbocycles. The van der Waals surface area contributed by atoms with Crippen LogP contribution in [0.5, 0.6) is 0 Å². The Bertz CT molecular complexity index is 342. The van der Waals surface area contributed by atoms with Crippen LogP contribution in [-0.4, -0.2) is 27.1 Å². The van der Waals surface area contributed by atoms with Crippen molar-refractivity contribution in [3.8, 4) is 0 Å². The van der Waals surface area contributed by atoms with E-state index in [0.717, 1.165) is 21.4 Å². The summed E-state index contributed by atoms with van der Waals surface area (Å²) in [4.78, 5) is 1.00. The van der Waals surface area contributed by atoms with Crippen LogP contribution < -0.4 is 0 Å². The Labute approximate surface area is 114 Å². The fraction of sp³-hybridized carbons (Fsp3) is 0.636. The summed E-state index contributed by atoms with van der Waals surface area (Å²) in [6, 6.07) is 3.82. The number of halogens is 1. The number of aliphatic hydroxyl groups excluding tert-OH is 1. The molecule has 0 radical (unpaired) electrons. The molecule has 1 aliphatic rings. The van der Waals surface area contributed by atoms with E-state index in [9.17, 15) is 5.11 Å². The molecule has 2 heterocycles. The zero-order valence-electron chi connectivity index (χ0n) is 9.06. The third-order valence-electron chi connectivity index (χ3n) is 2.69. The Morgan fingerprint density at radius 3 is 2.81 bits per heavy atom. The number of hydrogen-bond donors (Lipinski definition) is 1. The maximum Gasteiger partial charge on any atom is 0.101 e. The molecule has 0 bridgehead atoms. The minimum absolute atomic E-state index is 0.318. The van der Waals surface area contributed by atoms with Crippen LogP contribution in [0.25, 0.3) is 0 Å². The summed E-state index contributed by atoms with van der Waals surface area (Å²) in [7, 11) is 0. The first kappa shape index (κ1) is 13.1. The van der Waals surface area contributed by atoms with Crippen LogP contribution in [0.4, 0.5) is 0 Å². The van der Waals surface area contributed by atoms with Crippen molar-refractivity contribution < 1.29 is 5.11 Å². The average Bonchev–Trinajstić information content (AvgIpc) is 2.75. The Balaban J connectivity index is 2.10. The fourth-order valence-electron chi connectivity index (χ4n) is 1.88. The second-order valence-electron chi connectivity index (χ2n) is 3.74. The molecule has 16 heavy (non-hydrogen) atoms. The molecule has 90 valence electrons. The van der Waals surface area contributed by atoms with E-state index < -0.39 is 0 Å². The molecule has 3 unspecified atom stereocenters. The highest BCUT2D eigenvalue weighted by Gasteiger charge is 2.32. The van der Waals surface area contributed by atoms with E-state index in [1.54, 1.807) is 0 Å². The first-order valence-corrected chi connectivity index (χ1v) is 8.68. The van der Waals surface area contributed by atoms with Gasteiger partial charge in [-0.15, -0.1) is 11.3 Å². The van der Waals surface area contributed by atoms with Gasteiger partial charge in [-0.2, -0.15) is 23.5 Å². The van der Waals surface area contributed by atoms with E-state index in [0.29, 0.717) is 10.5 Å². The summed E-state index contributed by atoms with van der Waals surface area (Å²) in [5, 5.41) is 11.3. The predicted molar refractivity (Wildman–Crippen MR) is 77.1 cm³/mol. The van der Waals surface area contributed by atoms with Crippen LogP contribution in [0.2, 0.25) is 4.34 Å². The summed E-state index contributed by atoms with van der Waals surface area (Å²) in [6.45, 7) is 2.20. The van der Waals surface area contributed by atoms with Crippen molar-refractivity contribution in [1.82, 2.24) is 0 Å². The fourth-order valence-corrected chi connectivity index (χ4v) is 6.19. The van der Waals surface area contributed by atoms with E-state index in [-0.39, 0.29) is 6.10 Å². The average molecular weight is 295 g/mol. The lowest BCUT2D eigenvalue weighted by Crippen LogP contribution is -2.30. The molecule has 1 fully saturated rings. The molecular formula is C11H15ClOS3. The summed E-state index contributed by atoms with van der Waals surface area (Å²) in [5.41, 5.74) is 0. The van der Waals surface area contributed by atoms with Crippen molar-refractivity contribution in [2.75, 3.05) is 11.5 Å². The van der Waals surface area contributed by atoms with Crippen molar-refractivity contribution in [3.05, 3.63) is 21.3 Å². The summed E-state index contributed by atoms with van der Waals surface area (Å²) < 4.78 is 0.760. The lowest BCUT2D eigenvalue weighted by molar-refractivity contribution is 0.176. The highest BCUT2D eigenvalue weighted by molar-refractivity contribution is 8.07. The number of thiophene rings is 1. The number of aliphatic hydroxyl groups is 1. The van der Waals surface area contributed by atoms with E-state index in [4.69, 9.17) is 11.6 Å². The largest absolute Gasteiger partial charge is 0.386 e. The molecule has 0 amide bonds. The van der Waals surface area contributed by atoms with Gasteiger partial charge in [-0.1, -0.05) is 18.5 Å². The Morgan fingerprint density at radius 2 is 2.19 bits per heavy atom. The monoisotopic (exact) mass is 294 g/mol. The van der Waals surface area contributed by atoms with Gasteiger partial charge < -0.3 is 5.11 Å². The molecule has 0 aliphatic carbocycles. The molecule has 5 heteroatoms. The highest BCUT2D eigenvalue weighted by Crippen LogP contribution is 2.42. The third-order valence-corrected chi connectivity index (χ3v) is 7.33. The normalized spacial score (nSPS) is 27.9. The molecule has 1 aromatic rings. The van der Waals surface area contributed by atoms with Gasteiger partial charge in [0.1, 0.15) is 6.10 Å². The summed E-state index contributed by atoms with van der Waals surface area (Å²) >= 11 is 11.3. The Kier molecular flexibility index (Phi) is 4.91. The molecule has 0 spiro atoms. The lowest BCUT2D eigenvalue weighted by Gasteiger charge is -2.32. The second kappa shape index (κ2) is 6.01. The van der Waals surface area contributed by atoms with Crippen molar-refractivity contribution in [1.29, 1.82) is 0 Å². The van der Waals surface area contributed by atoms with Gasteiger partial charge in [-0.05, 0) is 18.6 Å². The molecule has 2 rings (SSSR count). The standard InChI is InChI=1S/C11H15ClOS3/c1-2-7-11(15-6-5-14-7)10(13)8-3-4-9(12)16-8/h3-4,7,10-11,13H,2,5-6H2,1H3. The first-order chi connectivity index (χ1) is 7.72. The van der Waals surface area contributed by atoms with Crippen LogP contribution in [0.1, 0.15) is 24.3 Å². The van der Waals surface area contributed by atoms with Gasteiger partial charge in [0.15, 0.2) is 0 Å². The van der Waals surface area contributed by atoms with Crippen molar-refractivity contribution in [2.45, 2.75) is 29.9 Å². The minimum atomic E-state index is -0.361. The number of thioether (sulfide) groups is 2.